The van der Waals surface area contributed by atoms with Gasteiger partial charge in [0, 0.05) is 39.5 Å². The van der Waals surface area contributed by atoms with Crippen LogP contribution in [0.1, 0.15) is 12.0 Å². The van der Waals surface area contributed by atoms with E-state index in [1.807, 2.05) is 0 Å². The number of amides is 3. The predicted molar refractivity (Wildman–Crippen MR) is 125 cm³/mol. The zero-order valence-corrected chi connectivity index (χ0v) is 19.2. The number of nitrogens with zero attached hydrogens (tertiary/aromatic N) is 1. The Morgan fingerprint density at radius 3 is 2.47 bits per heavy atom. The van der Waals surface area contributed by atoms with Crippen molar-refractivity contribution in [1.29, 1.82) is 0 Å². The first-order valence-electron chi connectivity index (χ1n) is 10.2. The van der Waals surface area contributed by atoms with Gasteiger partial charge in [0.2, 0.25) is 17.7 Å². The fraction of sp³-hybridized carbons (Fsp3) is 0.286. The highest BCUT2D eigenvalue weighted by Gasteiger charge is 2.48. The maximum absolute atomic E-state index is 13.0. The molecule has 178 valence electrons. The average molecular weight is 507 g/mol. The summed E-state index contributed by atoms with van der Waals surface area (Å²) in [6.45, 7) is 1.58. The first-order valence-corrected chi connectivity index (χ1v) is 11.0. The number of nitro benzene ring substituents is 1. The van der Waals surface area contributed by atoms with Gasteiger partial charge in [0.15, 0.2) is 6.29 Å². The molecule has 0 radical (unpaired) electrons. The number of hydrogen-bond donors (Lipinski definition) is 5. The molecule has 4 atom stereocenters. The first-order chi connectivity index (χ1) is 16.1. The lowest BCUT2D eigenvalue weighted by Gasteiger charge is -2.43. The Morgan fingerprint density at radius 2 is 1.79 bits per heavy atom. The monoisotopic (exact) mass is 506 g/mol. The molecule has 2 heterocycles. The van der Waals surface area contributed by atoms with Gasteiger partial charge in [-0.1, -0.05) is 29.3 Å². The van der Waals surface area contributed by atoms with Crippen molar-refractivity contribution in [2.45, 2.75) is 25.8 Å². The van der Waals surface area contributed by atoms with Crippen molar-refractivity contribution in [2.75, 3.05) is 10.6 Å². The number of piperidine rings is 1. The fourth-order valence-electron chi connectivity index (χ4n) is 4.08. The quantitative estimate of drug-likeness (QED) is 0.307. The molecule has 2 fully saturated rings. The van der Waals surface area contributed by atoms with Crippen LogP contribution in [-0.2, 0) is 14.4 Å². The normalized spacial score (nSPS) is 23.9. The highest BCUT2D eigenvalue weighted by atomic mass is 35.5. The van der Waals surface area contributed by atoms with Gasteiger partial charge in [-0.05, 0) is 31.2 Å². The third-order valence-electron chi connectivity index (χ3n) is 5.63. The van der Waals surface area contributed by atoms with E-state index in [0.717, 1.165) is 0 Å². The van der Waals surface area contributed by atoms with Crippen molar-refractivity contribution >= 4 is 58.0 Å². The Bertz CT molecular complexity index is 1170. The molecule has 11 nitrogen and oxygen atoms in total. The van der Waals surface area contributed by atoms with Crippen LogP contribution < -0.4 is 26.6 Å². The number of benzene rings is 2. The molecule has 0 saturated carbocycles. The van der Waals surface area contributed by atoms with Gasteiger partial charge in [-0.3, -0.25) is 29.8 Å². The van der Waals surface area contributed by atoms with Crippen LogP contribution in [0.25, 0.3) is 0 Å². The van der Waals surface area contributed by atoms with E-state index >= 15 is 0 Å². The molecule has 13 heteroatoms. The standard InChI is InChI=1S/C21H20Cl2N6O5/c1-9-2-3-12(7-15(9)29(33)34)24-19(31)14-8-16(30)26-18-17(14)20(32)28-21(27-18)25-13-5-10(22)4-11(23)6-13/h2-7,14,17-18,21,25,27H,8H2,1H3,(H,24,31)(H,26,30)(H,28,32). The number of rotatable bonds is 5. The third kappa shape index (κ3) is 5.06. The molecular weight excluding hydrogens is 487 g/mol. The lowest BCUT2D eigenvalue weighted by atomic mass is 9.81. The molecule has 2 aliphatic rings. The molecule has 5 N–H and O–H groups in total. The van der Waals surface area contributed by atoms with E-state index in [2.05, 4.69) is 26.6 Å². The molecule has 2 aromatic carbocycles. The molecule has 0 spiro atoms. The van der Waals surface area contributed by atoms with Crippen LogP contribution >= 0.6 is 23.2 Å². The lowest BCUT2D eigenvalue weighted by molar-refractivity contribution is -0.385. The number of carbonyl (C=O) groups excluding carboxylic acids is 3. The number of anilines is 2. The second kappa shape index (κ2) is 9.45. The number of halogens is 2. The summed E-state index contributed by atoms with van der Waals surface area (Å²) >= 11 is 12.0. The molecule has 0 aliphatic carbocycles. The van der Waals surface area contributed by atoms with Gasteiger partial charge in [0.05, 0.1) is 22.9 Å². The van der Waals surface area contributed by atoms with Crippen LogP contribution in [0.3, 0.4) is 0 Å². The maximum Gasteiger partial charge on any atom is 0.274 e. The summed E-state index contributed by atoms with van der Waals surface area (Å²) in [5, 5.41) is 26.1. The summed E-state index contributed by atoms with van der Waals surface area (Å²) in [6, 6.07) is 9.06. The summed E-state index contributed by atoms with van der Waals surface area (Å²) in [5.41, 5.74) is 1.03. The second-order valence-electron chi connectivity index (χ2n) is 8.04. The number of fused-ring (bicyclic) bond motifs is 1. The van der Waals surface area contributed by atoms with Gasteiger partial charge < -0.3 is 21.3 Å². The minimum absolute atomic E-state index is 0.149. The summed E-state index contributed by atoms with van der Waals surface area (Å²) < 4.78 is 0. The van der Waals surface area contributed by atoms with Crippen molar-refractivity contribution in [3.05, 3.63) is 62.1 Å². The van der Waals surface area contributed by atoms with E-state index in [1.54, 1.807) is 25.1 Å². The molecule has 3 amide bonds. The molecule has 2 aromatic rings. The number of carbonyl (C=O) groups is 3. The number of hydrogen-bond acceptors (Lipinski definition) is 7. The Labute approximate surface area is 203 Å². The van der Waals surface area contributed by atoms with Crippen LogP contribution in [0.5, 0.6) is 0 Å². The zero-order valence-electron chi connectivity index (χ0n) is 17.7. The number of aryl methyl sites for hydroxylation is 1. The SMILES string of the molecule is Cc1ccc(NC(=O)C2CC(=O)NC3NC(Nc4cc(Cl)cc(Cl)c4)NC(=O)C32)cc1[N+](=O)[O-]. The number of nitrogens with one attached hydrogen (secondary N) is 5. The van der Waals surface area contributed by atoms with Crippen LogP contribution in [0.15, 0.2) is 36.4 Å². The summed E-state index contributed by atoms with van der Waals surface area (Å²) in [4.78, 5) is 48.9. The third-order valence-corrected chi connectivity index (χ3v) is 6.07. The van der Waals surface area contributed by atoms with E-state index in [9.17, 15) is 24.5 Å². The molecule has 0 aromatic heterocycles. The van der Waals surface area contributed by atoms with Gasteiger partial charge in [0.1, 0.15) is 0 Å². The Kier molecular flexibility index (Phi) is 6.60. The van der Waals surface area contributed by atoms with E-state index in [-0.39, 0.29) is 17.8 Å². The second-order valence-corrected chi connectivity index (χ2v) is 8.91. The highest BCUT2D eigenvalue weighted by molar-refractivity contribution is 6.35. The minimum Gasteiger partial charge on any atom is -0.353 e. The van der Waals surface area contributed by atoms with Crippen LogP contribution in [-0.4, -0.2) is 35.1 Å². The van der Waals surface area contributed by atoms with E-state index in [1.165, 1.54) is 18.2 Å². The Balaban J connectivity index is 1.50. The van der Waals surface area contributed by atoms with Crippen molar-refractivity contribution in [1.82, 2.24) is 16.0 Å². The summed E-state index contributed by atoms with van der Waals surface area (Å²) in [7, 11) is 0. The highest BCUT2D eigenvalue weighted by Crippen LogP contribution is 2.30. The van der Waals surface area contributed by atoms with Crippen molar-refractivity contribution in [3.63, 3.8) is 0 Å². The topological polar surface area (TPSA) is 155 Å². The first kappa shape index (κ1) is 23.7. The molecular formula is C21H20Cl2N6O5. The van der Waals surface area contributed by atoms with E-state index in [0.29, 0.717) is 21.3 Å². The smallest absolute Gasteiger partial charge is 0.274 e. The van der Waals surface area contributed by atoms with Gasteiger partial charge >= 0.3 is 0 Å². The predicted octanol–water partition coefficient (Wildman–Crippen LogP) is 2.34. The fourth-order valence-corrected chi connectivity index (χ4v) is 4.60. The summed E-state index contributed by atoms with van der Waals surface area (Å²) in [5.74, 6) is -3.35. The van der Waals surface area contributed by atoms with E-state index in [4.69, 9.17) is 23.2 Å². The molecule has 2 aliphatic heterocycles. The molecule has 2 saturated heterocycles. The largest absolute Gasteiger partial charge is 0.353 e. The molecule has 4 unspecified atom stereocenters. The van der Waals surface area contributed by atoms with Gasteiger partial charge in [0.25, 0.3) is 5.69 Å². The van der Waals surface area contributed by atoms with E-state index < -0.39 is 46.9 Å². The van der Waals surface area contributed by atoms with Crippen LogP contribution in [0, 0.1) is 28.9 Å². The Hall–Kier alpha value is -3.41. The van der Waals surface area contributed by atoms with Crippen molar-refractivity contribution in [2.24, 2.45) is 11.8 Å². The van der Waals surface area contributed by atoms with Crippen molar-refractivity contribution < 1.29 is 19.3 Å². The molecule has 0 bridgehead atoms. The lowest BCUT2D eigenvalue weighted by Crippen LogP contribution is -2.72. The minimum atomic E-state index is -0.992. The van der Waals surface area contributed by atoms with Gasteiger partial charge in [-0.15, -0.1) is 0 Å². The van der Waals surface area contributed by atoms with Crippen LogP contribution in [0.4, 0.5) is 17.1 Å². The number of nitro groups is 1. The van der Waals surface area contributed by atoms with Gasteiger partial charge in [-0.25, -0.2) is 0 Å². The average Bonchev–Trinajstić information content (AvgIpc) is 2.73. The summed E-state index contributed by atoms with van der Waals surface area (Å²) in [6.07, 6.45) is -1.81. The van der Waals surface area contributed by atoms with Gasteiger partial charge in [-0.2, -0.15) is 0 Å². The van der Waals surface area contributed by atoms with Crippen molar-refractivity contribution in [3.8, 4) is 0 Å². The maximum atomic E-state index is 13.0. The molecule has 4 rings (SSSR count). The van der Waals surface area contributed by atoms with Crippen LogP contribution in [0.2, 0.25) is 10.0 Å². The zero-order chi connectivity index (χ0) is 24.6. The Morgan fingerprint density at radius 1 is 1.09 bits per heavy atom. The molecule has 34 heavy (non-hydrogen) atoms.